The lowest BCUT2D eigenvalue weighted by Crippen LogP contribution is -1.91. The van der Waals surface area contributed by atoms with Crippen LogP contribution >= 0.6 is 0 Å². The summed E-state index contributed by atoms with van der Waals surface area (Å²) in [6.45, 7) is 4.13. The first kappa shape index (κ1) is 10.3. The van der Waals surface area contributed by atoms with E-state index in [4.69, 9.17) is 5.26 Å². The first-order chi connectivity index (χ1) is 7.70. The molecule has 0 aliphatic heterocycles. The van der Waals surface area contributed by atoms with Gasteiger partial charge in [-0.2, -0.15) is 5.26 Å². The lowest BCUT2D eigenvalue weighted by atomic mass is 10.0. The van der Waals surface area contributed by atoms with Gasteiger partial charge < -0.3 is 0 Å². The van der Waals surface area contributed by atoms with E-state index in [1.807, 2.05) is 18.2 Å². The van der Waals surface area contributed by atoms with Crippen LogP contribution in [-0.2, 0) is 0 Å². The molecule has 0 bridgehead atoms. The van der Waals surface area contributed by atoms with Crippen molar-refractivity contribution in [1.82, 2.24) is 9.97 Å². The maximum absolute atomic E-state index is 8.73. The van der Waals surface area contributed by atoms with Gasteiger partial charge in [0, 0.05) is 11.8 Å². The normalized spacial score (nSPS) is 9.81. The molecule has 0 saturated heterocycles. The van der Waals surface area contributed by atoms with Gasteiger partial charge in [0.05, 0.1) is 5.69 Å². The zero-order valence-electron chi connectivity index (χ0n) is 9.23. The van der Waals surface area contributed by atoms with Crippen molar-refractivity contribution >= 4 is 0 Å². The Hall–Kier alpha value is -2.21. The number of aromatic nitrogens is 2. The first-order valence-electron chi connectivity index (χ1n) is 5.01. The summed E-state index contributed by atoms with van der Waals surface area (Å²) in [5.41, 5.74) is 4.27. The predicted molar refractivity (Wildman–Crippen MR) is 61.7 cm³/mol. The van der Waals surface area contributed by atoms with Gasteiger partial charge in [-0.05, 0) is 37.1 Å². The minimum atomic E-state index is 0.204. The molecule has 2 rings (SSSR count). The average molecular weight is 209 g/mol. The number of rotatable bonds is 1. The van der Waals surface area contributed by atoms with Crippen LogP contribution in [0.2, 0.25) is 0 Å². The highest BCUT2D eigenvalue weighted by atomic mass is 14.9. The molecule has 16 heavy (non-hydrogen) atoms. The molecule has 0 unspecified atom stereocenters. The average Bonchev–Trinajstić information content (AvgIpc) is 2.33. The SMILES string of the molecule is Cc1ccc(-c2ccnc(C#N)n2)cc1C. The van der Waals surface area contributed by atoms with Crippen molar-refractivity contribution in [2.45, 2.75) is 13.8 Å². The molecule has 3 heteroatoms. The third-order valence-corrected chi connectivity index (χ3v) is 2.56. The number of nitrogens with zero attached hydrogens (tertiary/aromatic N) is 3. The molecule has 2 aromatic rings. The largest absolute Gasteiger partial charge is 0.232 e. The van der Waals surface area contributed by atoms with Crippen molar-refractivity contribution in [2.75, 3.05) is 0 Å². The van der Waals surface area contributed by atoms with Crippen molar-refractivity contribution in [3.8, 4) is 17.3 Å². The van der Waals surface area contributed by atoms with Gasteiger partial charge in [-0.3, -0.25) is 0 Å². The topological polar surface area (TPSA) is 49.6 Å². The summed E-state index contributed by atoms with van der Waals surface area (Å²) in [6, 6.07) is 9.88. The van der Waals surface area contributed by atoms with Gasteiger partial charge in [-0.25, -0.2) is 9.97 Å². The van der Waals surface area contributed by atoms with E-state index in [2.05, 4.69) is 35.9 Å². The second kappa shape index (κ2) is 4.11. The summed E-state index contributed by atoms with van der Waals surface area (Å²) in [6.07, 6.45) is 1.61. The lowest BCUT2D eigenvalue weighted by Gasteiger charge is -2.04. The van der Waals surface area contributed by atoms with Gasteiger partial charge in [-0.15, -0.1) is 0 Å². The first-order valence-corrected chi connectivity index (χ1v) is 5.01. The Morgan fingerprint density at radius 3 is 2.62 bits per heavy atom. The summed E-state index contributed by atoms with van der Waals surface area (Å²) >= 11 is 0. The minimum Gasteiger partial charge on any atom is -0.227 e. The molecule has 0 N–H and O–H groups in total. The summed E-state index contributed by atoms with van der Waals surface area (Å²) in [5.74, 6) is 0.204. The van der Waals surface area contributed by atoms with E-state index in [1.54, 1.807) is 6.20 Å². The van der Waals surface area contributed by atoms with Crippen LogP contribution in [0.4, 0.5) is 0 Å². The van der Waals surface area contributed by atoms with Crippen molar-refractivity contribution in [2.24, 2.45) is 0 Å². The number of aryl methyl sites for hydroxylation is 2. The van der Waals surface area contributed by atoms with E-state index in [1.165, 1.54) is 11.1 Å². The van der Waals surface area contributed by atoms with E-state index >= 15 is 0 Å². The number of nitriles is 1. The molecule has 78 valence electrons. The maximum Gasteiger partial charge on any atom is 0.232 e. The summed E-state index contributed by atoms with van der Waals surface area (Å²) in [4.78, 5) is 8.01. The van der Waals surface area contributed by atoms with Crippen LogP contribution in [-0.4, -0.2) is 9.97 Å². The van der Waals surface area contributed by atoms with Crippen molar-refractivity contribution in [1.29, 1.82) is 5.26 Å². The molecular formula is C13H11N3. The van der Waals surface area contributed by atoms with Gasteiger partial charge >= 0.3 is 0 Å². The van der Waals surface area contributed by atoms with Crippen LogP contribution < -0.4 is 0 Å². The Bertz CT molecular complexity index is 568. The molecule has 1 heterocycles. The van der Waals surface area contributed by atoms with Crippen LogP contribution in [0.25, 0.3) is 11.3 Å². The predicted octanol–water partition coefficient (Wildman–Crippen LogP) is 2.63. The van der Waals surface area contributed by atoms with Gasteiger partial charge in [-0.1, -0.05) is 12.1 Å². The second-order valence-corrected chi connectivity index (χ2v) is 3.68. The van der Waals surface area contributed by atoms with Gasteiger partial charge in [0.1, 0.15) is 6.07 Å². The number of hydrogen-bond acceptors (Lipinski definition) is 3. The van der Waals surface area contributed by atoms with Crippen molar-refractivity contribution in [3.63, 3.8) is 0 Å². The summed E-state index contributed by atoms with van der Waals surface area (Å²) in [5, 5.41) is 8.73. The Balaban J connectivity index is 2.51. The molecule has 0 radical (unpaired) electrons. The van der Waals surface area contributed by atoms with Gasteiger partial charge in [0.25, 0.3) is 0 Å². The molecule has 0 spiro atoms. The maximum atomic E-state index is 8.73. The molecule has 0 aliphatic rings. The summed E-state index contributed by atoms with van der Waals surface area (Å²) < 4.78 is 0. The molecular weight excluding hydrogens is 198 g/mol. The third kappa shape index (κ3) is 1.91. The number of hydrogen-bond donors (Lipinski definition) is 0. The van der Waals surface area contributed by atoms with Crippen LogP contribution in [0, 0.1) is 25.2 Å². The van der Waals surface area contributed by atoms with Crippen molar-refractivity contribution < 1.29 is 0 Å². The summed E-state index contributed by atoms with van der Waals surface area (Å²) in [7, 11) is 0. The smallest absolute Gasteiger partial charge is 0.227 e. The fourth-order valence-corrected chi connectivity index (χ4v) is 1.47. The van der Waals surface area contributed by atoms with E-state index in [-0.39, 0.29) is 5.82 Å². The lowest BCUT2D eigenvalue weighted by molar-refractivity contribution is 1.12. The number of benzene rings is 1. The zero-order chi connectivity index (χ0) is 11.5. The molecule has 1 aromatic heterocycles. The van der Waals surface area contributed by atoms with E-state index in [9.17, 15) is 0 Å². The third-order valence-electron chi connectivity index (χ3n) is 2.56. The fraction of sp³-hybridized carbons (Fsp3) is 0.154. The highest BCUT2D eigenvalue weighted by Crippen LogP contribution is 2.19. The molecule has 0 saturated carbocycles. The van der Waals surface area contributed by atoms with Crippen LogP contribution in [0.5, 0.6) is 0 Å². The molecule has 0 aliphatic carbocycles. The van der Waals surface area contributed by atoms with E-state index < -0.39 is 0 Å². The highest BCUT2D eigenvalue weighted by Gasteiger charge is 2.02. The Morgan fingerprint density at radius 1 is 1.12 bits per heavy atom. The Kier molecular flexibility index (Phi) is 2.65. The molecule has 0 fully saturated rings. The van der Waals surface area contributed by atoms with Crippen molar-refractivity contribution in [3.05, 3.63) is 47.4 Å². The Morgan fingerprint density at radius 2 is 1.94 bits per heavy atom. The van der Waals surface area contributed by atoms with E-state index in [0.29, 0.717) is 0 Å². The molecule has 3 nitrogen and oxygen atoms in total. The quantitative estimate of drug-likeness (QED) is 0.725. The monoisotopic (exact) mass is 209 g/mol. The molecule has 0 amide bonds. The van der Waals surface area contributed by atoms with Gasteiger partial charge in [0.2, 0.25) is 5.82 Å². The van der Waals surface area contributed by atoms with Crippen LogP contribution in [0.3, 0.4) is 0 Å². The van der Waals surface area contributed by atoms with Gasteiger partial charge in [0.15, 0.2) is 0 Å². The molecule has 1 aromatic carbocycles. The van der Waals surface area contributed by atoms with Crippen LogP contribution in [0.1, 0.15) is 17.0 Å². The van der Waals surface area contributed by atoms with Crippen LogP contribution in [0.15, 0.2) is 30.5 Å². The standard InChI is InChI=1S/C13H11N3/c1-9-3-4-11(7-10(9)2)12-5-6-15-13(8-14)16-12/h3-7H,1-2H3. The minimum absolute atomic E-state index is 0.204. The molecule has 0 atom stereocenters. The van der Waals surface area contributed by atoms with E-state index in [0.717, 1.165) is 11.3 Å². The zero-order valence-corrected chi connectivity index (χ0v) is 9.23. The second-order valence-electron chi connectivity index (χ2n) is 3.68. The highest BCUT2D eigenvalue weighted by molar-refractivity contribution is 5.60. The Labute approximate surface area is 94.4 Å². The fourth-order valence-electron chi connectivity index (χ4n) is 1.47.